The van der Waals surface area contributed by atoms with E-state index in [-0.39, 0.29) is 5.41 Å². The number of hydrogen-bond donors (Lipinski definition) is 0. The van der Waals surface area contributed by atoms with E-state index in [1.165, 1.54) is 19.2 Å². The molecule has 1 saturated carbocycles. The molecule has 0 radical (unpaired) electrons. The lowest BCUT2D eigenvalue weighted by molar-refractivity contribution is 0.568. The molecule has 1 aliphatic carbocycles. The Bertz CT molecular complexity index is 708. The summed E-state index contributed by atoms with van der Waals surface area (Å²) in [6.07, 6.45) is 7.62. The Morgan fingerprint density at radius 2 is 1.32 bits per heavy atom. The topological polar surface area (TPSA) is 25.8 Å². The standard InChI is InChI=1S/C9H10N2.C9H16.C8H12/c1-8(2)3-4-9-5-10-7-11-6-9;1-8(2)6-7-9(3,4)5;1-7(2)3-4-8-5-6-8/h5-8H,1-2H3;8H,1-5H3;7-8H,5-6H2,1-2H3. The molecule has 0 spiro atoms. The number of nitrogens with zero attached hydrogens (tertiary/aromatic N) is 2. The minimum absolute atomic E-state index is 0.171. The van der Waals surface area contributed by atoms with E-state index < -0.39 is 0 Å². The van der Waals surface area contributed by atoms with Crippen LogP contribution in [-0.2, 0) is 0 Å². The molecule has 1 aromatic rings. The normalized spacial score (nSPS) is 12.1. The highest BCUT2D eigenvalue weighted by molar-refractivity contribution is 5.29. The lowest BCUT2D eigenvalue weighted by Gasteiger charge is -2.07. The van der Waals surface area contributed by atoms with Crippen LogP contribution >= 0.6 is 0 Å². The van der Waals surface area contributed by atoms with Crippen LogP contribution in [0, 0.1) is 64.6 Å². The van der Waals surface area contributed by atoms with Crippen molar-refractivity contribution in [1.29, 1.82) is 0 Å². The molecule has 2 rings (SSSR count). The van der Waals surface area contributed by atoms with Gasteiger partial charge in [0.2, 0.25) is 0 Å². The Balaban J connectivity index is 0.000000396. The molecule has 0 aliphatic heterocycles. The largest absolute Gasteiger partial charge is 0.244 e. The molecule has 1 aliphatic rings. The molecule has 2 nitrogen and oxygen atoms in total. The van der Waals surface area contributed by atoms with E-state index >= 15 is 0 Å². The Morgan fingerprint density at radius 3 is 1.68 bits per heavy atom. The molecule has 1 fully saturated rings. The van der Waals surface area contributed by atoms with Gasteiger partial charge in [0.25, 0.3) is 0 Å². The molecule has 0 amide bonds. The van der Waals surface area contributed by atoms with E-state index in [0.717, 1.165) is 11.5 Å². The third-order valence-electron chi connectivity index (χ3n) is 2.96. The van der Waals surface area contributed by atoms with Crippen LogP contribution in [-0.4, -0.2) is 9.97 Å². The molecular weight excluding hydrogens is 340 g/mol. The lowest BCUT2D eigenvalue weighted by Crippen LogP contribution is -1.99. The Hall–Kier alpha value is -2.24. The van der Waals surface area contributed by atoms with Crippen molar-refractivity contribution in [1.82, 2.24) is 9.97 Å². The SMILES string of the molecule is CC(C)C#CC(C)(C)C.CC(C)C#CC1CC1.CC(C)C#Cc1cncnc1. The fraction of sp³-hybridized carbons (Fsp3) is 0.615. The summed E-state index contributed by atoms with van der Waals surface area (Å²) in [4.78, 5) is 7.70. The van der Waals surface area contributed by atoms with Crippen molar-refractivity contribution >= 4 is 0 Å². The second-order valence-corrected chi connectivity index (χ2v) is 8.94. The molecule has 0 aromatic carbocycles. The molecule has 0 saturated heterocycles. The number of rotatable bonds is 0. The molecule has 28 heavy (non-hydrogen) atoms. The van der Waals surface area contributed by atoms with Gasteiger partial charge in [-0.1, -0.05) is 71.1 Å². The third-order valence-corrected chi connectivity index (χ3v) is 2.96. The first-order valence-corrected chi connectivity index (χ1v) is 10.3. The maximum atomic E-state index is 3.85. The van der Waals surface area contributed by atoms with Crippen molar-refractivity contribution in [3.8, 4) is 35.5 Å². The van der Waals surface area contributed by atoms with Crippen LogP contribution in [0.25, 0.3) is 0 Å². The first-order chi connectivity index (χ1) is 13.0. The van der Waals surface area contributed by atoms with Gasteiger partial charge < -0.3 is 0 Å². The van der Waals surface area contributed by atoms with Crippen molar-refractivity contribution in [2.75, 3.05) is 0 Å². The summed E-state index contributed by atoms with van der Waals surface area (Å²) in [5.74, 6) is 20.9. The monoisotopic (exact) mass is 378 g/mol. The summed E-state index contributed by atoms with van der Waals surface area (Å²) in [7, 11) is 0. The molecule has 1 heterocycles. The minimum Gasteiger partial charge on any atom is -0.244 e. The average Bonchev–Trinajstić information content (AvgIpc) is 3.42. The van der Waals surface area contributed by atoms with Crippen LogP contribution in [0.5, 0.6) is 0 Å². The van der Waals surface area contributed by atoms with Crippen LogP contribution in [0.2, 0.25) is 0 Å². The highest BCUT2D eigenvalue weighted by atomic mass is 14.8. The highest BCUT2D eigenvalue weighted by Crippen LogP contribution is 2.27. The highest BCUT2D eigenvalue weighted by Gasteiger charge is 2.17. The molecular formula is C26H38N2. The van der Waals surface area contributed by atoms with E-state index in [2.05, 4.69) is 108 Å². The molecule has 2 heteroatoms. The van der Waals surface area contributed by atoms with Crippen LogP contribution in [0.3, 0.4) is 0 Å². The van der Waals surface area contributed by atoms with Gasteiger partial charge in [0.15, 0.2) is 0 Å². The molecule has 1 aromatic heterocycles. The average molecular weight is 379 g/mol. The molecule has 0 atom stereocenters. The Labute approximate surface area is 174 Å². The Morgan fingerprint density at radius 1 is 0.821 bits per heavy atom. The number of hydrogen-bond acceptors (Lipinski definition) is 2. The fourth-order valence-corrected chi connectivity index (χ4v) is 1.46. The van der Waals surface area contributed by atoms with Gasteiger partial charge in [-0.05, 0) is 33.6 Å². The van der Waals surface area contributed by atoms with E-state index in [9.17, 15) is 0 Å². The van der Waals surface area contributed by atoms with E-state index in [1.807, 2.05) is 0 Å². The zero-order chi connectivity index (χ0) is 21.6. The molecule has 0 N–H and O–H groups in total. The van der Waals surface area contributed by atoms with Crippen molar-refractivity contribution in [2.45, 2.75) is 75.2 Å². The van der Waals surface area contributed by atoms with Gasteiger partial charge >= 0.3 is 0 Å². The minimum atomic E-state index is 0.171. The molecule has 0 bridgehead atoms. The first-order valence-electron chi connectivity index (χ1n) is 10.3. The summed E-state index contributed by atoms with van der Waals surface area (Å²) < 4.78 is 0. The van der Waals surface area contributed by atoms with E-state index in [1.54, 1.807) is 12.4 Å². The van der Waals surface area contributed by atoms with Crippen LogP contribution in [0.15, 0.2) is 18.7 Å². The van der Waals surface area contributed by atoms with Gasteiger partial charge in [-0.2, -0.15) is 0 Å². The zero-order valence-electron chi connectivity index (χ0n) is 19.4. The summed E-state index contributed by atoms with van der Waals surface area (Å²) >= 11 is 0. The van der Waals surface area contributed by atoms with Crippen molar-refractivity contribution < 1.29 is 0 Å². The summed E-state index contributed by atoms with van der Waals surface area (Å²) in [6.45, 7) is 19.0. The van der Waals surface area contributed by atoms with Gasteiger partial charge in [-0.15, -0.1) is 5.92 Å². The predicted octanol–water partition coefficient (Wildman–Crippen LogP) is 6.23. The lowest BCUT2D eigenvalue weighted by atomic mass is 9.97. The van der Waals surface area contributed by atoms with Gasteiger partial charge in [-0.3, -0.25) is 0 Å². The fourth-order valence-electron chi connectivity index (χ4n) is 1.46. The van der Waals surface area contributed by atoms with E-state index in [4.69, 9.17) is 0 Å². The van der Waals surface area contributed by atoms with Gasteiger partial charge in [-0.25, -0.2) is 9.97 Å². The maximum Gasteiger partial charge on any atom is 0.115 e. The first kappa shape index (κ1) is 25.8. The van der Waals surface area contributed by atoms with E-state index in [0.29, 0.717) is 17.8 Å². The molecule has 0 unspecified atom stereocenters. The van der Waals surface area contributed by atoms with Gasteiger partial charge in [0.05, 0.1) is 5.56 Å². The summed E-state index contributed by atoms with van der Waals surface area (Å²) in [6, 6.07) is 0. The zero-order valence-corrected chi connectivity index (χ0v) is 19.4. The van der Waals surface area contributed by atoms with Crippen molar-refractivity contribution in [3.05, 3.63) is 24.3 Å². The van der Waals surface area contributed by atoms with Crippen LogP contribution in [0.4, 0.5) is 0 Å². The third kappa shape index (κ3) is 20.1. The second-order valence-electron chi connectivity index (χ2n) is 8.94. The van der Waals surface area contributed by atoms with Crippen molar-refractivity contribution in [2.24, 2.45) is 29.1 Å². The second kappa shape index (κ2) is 13.9. The quantitative estimate of drug-likeness (QED) is 0.500. The van der Waals surface area contributed by atoms with Crippen LogP contribution in [0.1, 0.15) is 80.7 Å². The predicted molar refractivity (Wildman–Crippen MR) is 121 cm³/mol. The van der Waals surface area contributed by atoms with Gasteiger partial charge in [0, 0.05) is 41.5 Å². The summed E-state index contributed by atoms with van der Waals surface area (Å²) in [5.41, 5.74) is 1.05. The van der Waals surface area contributed by atoms with Crippen molar-refractivity contribution in [3.63, 3.8) is 0 Å². The van der Waals surface area contributed by atoms with Crippen LogP contribution < -0.4 is 0 Å². The maximum absolute atomic E-state index is 3.85. The smallest absolute Gasteiger partial charge is 0.115 e. The Kier molecular flexibility index (Phi) is 12.7. The van der Waals surface area contributed by atoms with Gasteiger partial charge in [0.1, 0.15) is 6.33 Å². The summed E-state index contributed by atoms with van der Waals surface area (Å²) in [5, 5.41) is 0. The molecule has 152 valence electrons. The number of aromatic nitrogens is 2.